The van der Waals surface area contributed by atoms with Gasteiger partial charge in [0, 0.05) is 6.20 Å². The Morgan fingerprint density at radius 1 is 0.652 bits per heavy atom. The van der Waals surface area contributed by atoms with Crippen LogP contribution in [-0.4, -0.2) is 52.0 Å². The molecule has 0 spiro atoms. The van der Waals surface area contributed by atoms with Gasteiger partial charge in [0.05, 0.1) is 38.7 Å². The molecule has 4 aromatic rings. The van der Waals surface area contributed by atoms with Crippen molar-refractivity contribution in [2.24, 2.45) is 0 Å². The third kappa shape index (κ3) is 10.2. The number of nitrogens with one attached hydrogen (secondary N) is 1. The second-order valence-corrected chi connectivity index (χ2v) is 12.9. The SMILES string of the molecule is N=C(O[C@@H]1O[C@H](COCc2ccccc2)[C@@H](OCc2ccccc2)[C@H](OCc2ccccc2)[C@H]1OCc1ccccn1)C(Cl)(Cl)Cl. The van der Waals surface area contributed by atoms with Gasteiger partial charge in [-0.25, -0.2) is 0 Å². The second-order valence-electron chi connectivity index (χ2n) is 10.6. The zero-order chi connectivity index (χ0) is 32.2. The summed E-state index contributed by atoms with van der Waals surface area (Å²) in [6.07, 6.45) is -2.62. The molecule has 2 heterocycles. The quantitative estimate of drug-likeness (QED) is 0.0838. The molecule has 1 aliphatic rings. The molecule has 0 unspecified atom stereocenters. The molecule has 0 bridgehead atoms. The van der Waals surface area contributed by atoms with Crippen molar-refractivity contribution in [2.45, 2.75) is 60.9 Å². The van der Waals surface area contributed by atoms with Crippen LogP contribution in [0, 0.1) is 5.41 Å². The standard InChI is InChI=1S/C35H35Cl3N2O6/c36-35(37,38)34(39)46-33-32(44-23-28-18-10-11-19-40-28)31(43-22-27-16-8-3-9-17-27)30(42-21-26-14-6-2-7-15-26)29(45-33)24-41-20-25-12-4-1-5-13-25/h1-19,29-33,39H,20-24H2/t29-,30-,31+,32-,33+/m1/s1. The van der Waals surface area contributed by atoms with E-state index >= 15 is 0 Å². The van der Waals surface area contributed by atoms with Crippen LogP contribution >= 0.6 is 34.8 Å². The van der Waals surface area contributed by atoms with Gasteiger partial charge in [-0.15, -0.1) is 0 Å². The Balaban J connectivity index is 1.46. The Labute approximate surface area is 283 Å². The summed E-state index contributed by atoms with van der Waals surface area (Å²) >= 11 is 18.1. The van der Waals surface area contributed by atoms with Crippen LogP contribution in [0.2, 0.25) is 0 Å². The van der Waals surface area contributed by atoms with E-state index in [1.54, 1.807) is 6.20 Å². The van der Waals surface area contributed by atoms with Crippen molar-refractivity contribution in [3.63, 3.8) is 0 Å². The largest absolute Gasteiger partial charge is 0.445 e. The summed E-state index contributed by atoms with van der Waals surface area (Å²) in [6, 6.07) is 34.9. The number of alkyl halides is 3. The van der Waals surface area contributed by atoms with E-state index in [1.807, 2.05) is 109 Å². The number of ether oxygens (including phenoxy) is 6. The monoisotopic (exact) mass is 684 g/mol. The van der Waals surface area contributed by atoms with Crippen LogP contribution in [0.1, 0.15) is 22.4 Å². The molecule has 0 saturated carbocycles. The van der Waals surface area contributed by atoms with Gasteiger partial charge in [-0.1, -0.05) is 132 Å². The van der Waals surface area contributed by atoms with Crippen molar-refractivity contribution >= 4 is 40.7 Å². The Hall–Kier alpha value is -3.05. The van der Waals surface area contributed by atoms with E-state index in [9.17, 15) is 0 Å². The van der Waals surface area contributed by atoms with E-state index in [4.69, 9.17) is 68.6 Å². The van der Waals surface area contributed by atoms with E-state index < -0.39 is 40.4 Å². The Morgan fingerprint density at radius 3 is 1.72 bits per heavy atom. The highest BCUT2D eigenvalue weighted by atomic mass is 35.6. The van der Waals surface area contributed by atoms with Crippen LogP contribution in [0.15, 0.2) is 115 Å². The average Bonchev–Trinajstić information content (AvgIpc) is 3.07. The fourth-order valence-electron chi connectivity index (χ4n) is 4.92. The third-order valence-corrected chi connectivity index (χ3v) is 7.71. The molecule has 0 aliphatic carbocycles. The Bertz CT molecular complexity index is 1470. The molecule has 11 heteroatoms. The molecule has 5 rings (SSSR count). The molecule has 0 radical (unpaired) electrons. The van der Waals surface area contributed by atoms with Crippen molar-refractivity contribution in [1.82, 2.24) is 4.98 Å². The van der Waals surface area contributed by atoms with E-state index in [-0.39, 0.29) is 26.4 Å². The Kier molecular flexibility index (Phi) is 12.8. The van der Waals surface area contributed by atoms with Crippen molar-refractivity contribution in [1.29, 1.82) is 5.41 Å². The predicted octanol–water partition coefficient (Wildman–Crippen LogP) is 7.44. The lowest BCUT2D eigenvalue weighted by Gasteiger charge is -2.45. The van der Waals surface area contributed by atoms with Gasteiger partial charge < -0.3 is 28.4 Å². The van der Waals surface area contributed by atoms with Crippen LogP contribution in [0.25, 0.3) is 0 Å². The van der Waals surface area contributed by atoms with E-state index in [2.05, 4.69) is 4.98 Å². The fourth-order valence-corrected chi connectivity index (χ4v) is 5.06. The normalized spacial score (nSPS) is 21.5. The molecular weight excluding hydrogens is 651 g/mol. The smallest absolute Gasteiger partial charge is 0.265 e. The van der Waals surface area contributed by atoms with E-state index in [0.29, 0.717) is 12.3 Å². The van der Waals surface area contributed by atoms with Crippen molar-refractivity contribution in [2.75, 3.05) is 6.61 Å². The maximum atomic E-state index is 8.36. The first kappa shape index (κ1) is 34.3. The number of pyridine rings is 1. The number of halogens is 3. The maximum Gasteiger partial charge on any atom is 0.265 e. The number of hydrogen-bond acceptors (Lipinski definition) is 8. The summed E-state index contributed by atoms with van der Waals surface area (Å²) in [6.45, 7) is 1.08. The van der Waals surface area contributed by atoms with Crippen LogP contribution in [0.4, 0.5) is 0 Å². The van der Waals surface area contributed by atoms with Crippen LogP contribution < -0.4 is 0 Å². The topological polar surface area (TPSA) is 92.1 Å². The summed E-state index contributed by atoms with van der Waals surface area (Å²) in [5.41, 5.74) is 3.59. The van der Waals surface area contributed by atoms with Gasteiger partial charge in [0.1, 0.15) is 24.4 Å². The minimum Gasteiger partial charge on any atom is -0.445 e. The summed E-state index contributed by atoms with van der Waals surface area (Å²) < 4.78 is 35.9. The van der Waals surface area contributed by atoms with Crippen molar-refractivity contribution in [3.8, 4) is 0 Å². The highest BCUT2D eigenvalue weighted by Gasteiger charge is 2.51. The minimum absolute atomic E-state index is 0.0988. The predicted molar refractivity (Wildman–Crippen MR) is 177 cm³/mol. The van der Waals surface area contributed by atoms with E-state index in [0.717, 1.165) is 16.7 Å². The van der Waals surface area contributed by atoms with Crippen LogP contribution in [0.3, 0.4) is 0 Å². The third-order valence-electron chi connectivity index (χ3n) is 7.20. The number of rotatable bonds is 14. The van der Waals surface area contributed by atoms with Gasteiger partial charge in [-0.05, 0) is 28.8 Å². The van der Waals surface area contributed by atoms with Gasteiger partial charge in [-0.2, -0.15) is 0 Å². The van der Waals surface area contributed by atoms with E-state index in [1.165, 1.54) is 0 Å². The molecule has 5 atom stereocenters. The minimum atomic E-state index is -2.13. The molecule has 46 heavy (non-hydrogen) atoms. The lowest BCUT2D eigenvalue weighted by molar-refractivity contribution is -0.313. The molecule has 1 fully saturated rings. The zero-order valence-corrected chi connectivity index (χ0v) is 27.2. The van der Waals surface area contributed by atoms with Gasteiger partial charge in [0.2, 0.25) is 12.2 Å². The van der Waals surface area contributed by atoms with Gasteiger partial charge in [0.25, 0.3) is 3.79 Å². The maximum absolute atomic E-state index is 8.36. The van der Waals surface area contributed by atoms with Crippen molar-refractivity contribution in [3.05, 3.63) is 138 Å². The highest BCUT2D eigenvalue weighted by molar-refractivity contribution is 6.76. The fraction of sp³-hybridized carbons (Fsp3) is 0.314. The number of hydrogen-bond donors (Lipinski definition) is 1. The first-order valence-corrected chi connectivity index (χ1v) is 15.9. The molecule has 1 saturated heterocycles. The molecule has 1 aliphatic heterocycles. The lowest BCUT2D eigenvalue weighted by atomic mass is 9.97. The molecular formula is C35H35Cl3N2O6. The molecule has 242 valence electrons. The summed E-state index contributed by atoms with van der Waals surface area (Å²) in [7, 11) is 0. The summed E-state index contributed by atoms with van der Waals surface area (Å²) in [4.78, 5) is 4.38. The molecule has 8 nitrogen and oxygen atoms in total. The average molecular weight is 686 g/mol. The number of aromatic nitrogens is 1. The van der Waals surface area contributed by atoms with Crippen LogP contribution in [-0.2, 0) is 54.8 Å². The van der Waals surface area contributed by atoms with Crippen LogP contribution in [0.5, 0.6) is 0 Å². The molecule has 1 N–H and O–H groups in total. The molecule has 1 aromatic heterocycles. The second kappa shape index (κ2) is 17.2. The lowest BCUT2D eigenvalue weighted by Crippen LogP contribution is -2.62. The highest BCUT2D eigenvalue weighted by Crippen LogP contribution is 2.34. The van der Waals surface area contributed by atoms with Gasteiger partial charge in [0.15, 0.2) is 0 Å². The molecule has 3 aromatic carbocycles. The number of nitrogens with zero attached hydrogens (tertiary/aromatic N) is 1. The van der Waals surface area contributed by atoms with Gasteiger partial charge in [-0.3, -0.25) is 10.4 Å². The number of benzene rings is 3. The zero-order valence-electron chi connectivity index (χ0n) is 24.9. The Morgan fingerprint density at radius 2 is 1.17 bits per heavy atom. The van der Waals surface area contributed by atoms with Crippen molar-refractivity contribution < 1.29 is 28.4 Å². The summed E-state index contributed by atoms with van der Waals surface area (Å²) in [5, 5.41) is 8.36. The first-order valence-electron chi connectivity index (χ1n) is 14.8. The molecule has 0 amide bonds. The van der Waals surface area contributed by atoms with Gasteiger partial charge >= 0.3 is 0 Å². The first-order chi connectivity index (χ1) is 22.4. The summed E-state index contributed by atoms with van der Waals surface area (Å²) in [5.74, 6) is -0.622.